The molecule has 1 aromatic heterocycles. The largest absolute Gasteiger partial charge is 0.388 e. The Balaban J connectivity index is 2.25. The summed E-state index contributed by atoms with van der Waals surface area (Å²) in [6, 6.07) is 7.01. The van der Waals surface area contributed by atoms with Crippen molar-refractivity contribution in [1.82, 2.24) is 4.98 Å². The van der Waals surface area contributed by atoms with Crippen LogP contribution >= 0.6 is 0 Å². The Bertz CT molecular complexity index is 531. The van der Waals surface area contributed by atoms with E-state index < -0.39 is 17.7 Å². The summed E-state index contributed by atoms with van der Waals surface area (Å²) in [5, 5.41) is 10.1. The minimum absolute atomic E-state index is 0.224. The lowest BCUT2D eigenvalue weighted by Crippen LogP contribution is -2.08. The fraction of sp³-hybridized carbons (Fsp3) is 0.214. The molecule has 2 aromatic rings. The maximum absolute atomic E-state index is 13.1. The van der Waals surface area contributed by atoms with Crippen LogP contribution in [0.2, 0.25) is 0 Å². The predicted octanol–water partition coefficient (Wildman–Crippen LogP) is 3.20. The van der Waals surface area contributed by atoms with Gasteiger partial charge in [-0.25, -0.2) is 8.78 Å². The normalized spacial score (nSPS) is 14.2. The zero-order valence-corrected chi connectivity index (χ0v) is 9.85. The van der Waals surface area contributed by atoms with Gasteiger partial charge in [0.25, 0.3) is 0 Å². The van der Waals surface area contributed by atoms with Gasteiger partial charge in [-0.15, -0.1) is 0 Å². The first-order valence-electron chi connectivity index (χ1n) is 5.62. The molecule has 4 heteroatoms. The number of pyridine rings is 1. The van der Waals surface area contributed by atoms with E-state index >= 15 is 0 Å². The van der Waals surface area contributed by atoms with E-state index in [2.05, 4.69) is 4.98 Å². The topological polar surface area (TPSA) is 33.1 Å². The van der Waals surface area contributed by atoms with Gasteiger partial charge in [0.05, 0.1) is 6.10 Å². The molecule has 1 heterocycles. The highest BCUT2D eigenvalue weighted by molar-refractivity contribution is 5.25. The molecule has 1 aromatic carbocycles. The number of aliphatic hydroxyl groups excluding tert-OH is 1. The maximum atomic E-state index is 13.1. The molecule has 2 unspecified atom stereocenters. The van der Waals surface area contributed by atoms with E-state index in [1.807, 2.05) is 6.92 Å². The average Bonchev–Trinajstić information content (AvgIpc) is 2.41. The standard InChI is InChI=1S/C14H13F2NO/c1-9(10-4-6-17-7-5-10)14(18)11-2-3-12(15)13(16)8-11/h2-9,14,18H,1H3. The van der Waals surface area contributed by atoms with Crippen LogP contribution in [-0.2, 0) is 0 Å². The van der Waals surface area contributed by atoms with E-state index in [1.54, 1.807) is 24.5 Å². The van der Waals surface area contributed by atoms with Crippen LogP contribution in [0.3, 0.4) is 0 Å². The second-order valence-electron chi connectivity index (χ2n) is 4.19. The third-order valence-corrected chi connectivity index (χ3v) is 2.99. The zero-order valence-electron chi connectivity index (χ0n) is 9.85. The molecule has 94 valence electrons. The molecule has 0 fully saturated rings. The molecule has 0 saturated carbocycles. The summed E-state index contributed by atoms with van der Waals surface area (Å²) < 4.78 is 25.9. The van der Waals surface area contributed by atoms with E-state index in [9.17, 15) is 13.9 Å². The molecule has 2 rings (SSSR count). The Hall–Kier alpha value is -1.81. The van der Waals surface area contributed by atoms with Gasteiger partial charge in [-0.3, -0.25) is 4.98 Å². The highest BCUT2D eigenvalue weighted by atomic mass is 19.2. The van der Waals surface area contributed by atoms with Crippen LogP contribution in [0.1, 0.15) is 30.1 Å². The van der Waals surface area contributed by atoms with Crippen LogP contribution in [0.5, 0.6) is 0 Å². The van der Waals surface area contributed by atoms with Crippen molar-refractivity contribution in [1.29, 1.82) is 0 Å². The molecule has 1 N–H and O–H groups in total. The molecule has 0 saturated heterocycles. The Labute approximate surface area is 104 Å². The number of rotatable bonds is 3. The molecule has 2 nitrogen and oxygen atoms in total. The Kier molecular flexibility index (Phi) is 3.67. The van der Waals surface area contributed by atoms with Crippen molar-refractivity contribution in [3.63, 3.8) is 0 Å². The van der Waals surface area contributed by atoms with Gasteiger partial charge in [-0.2, -0.15) is 0 Å². The Morgan fingerprint density at radius 1 is 1.00 bits per heavy atom. The van der Waals surface area contributed by atoms with E-state index in [-0.39, 0.29) is 5.92 Å². The van der Waals surface area contributed by atoms with Gasteiger partial charge in [0, 0.05) is 18.3 Å². The summed E-state index contributed by atoms with van der Waals surface area (Å²) >= 11 is 0. The fourth-order valence-electron chi connectivity index (χ4n) is 1.83. The van der Waals surface area contributed by atoms with Crippen LogP contribution in [0.25, 0.3) is 0 Å². The van der Waals surface area contributed by atoms with Crippen molar-refractivity contribution in [2.45, 2.75) is 18.9 Å². The van der Waals surface area contributed by atoms with Crippen molar-refractivity contribution < 1.29 is 13.9 Å². The van der Waals surface area contributed by atoms with Crippen molar-refractivity contribution in [3.8, 4) is 0 Å². The molecule has 0 aliphatic carbocycles. The van der Waals surface area contributed by atoms with E-state index in [1.165, 1.54) is 6.07 Å². The average molecular weight is 249 g/mol. The second kappa shape index (κ2) is 5.23. The number of hydrogen-bond donors (Lipinski definition) is 1. The molecular weight excluding hydrogens is 236 g/mol. The first kappa shape index (κ1) is 12.6. The molecule has 18 heavy (non-hydrogen) atoms. The van der Waals surface area contributed by atoms with Gasteiger partial charge in [0.2, 0.25) is 0 Å². The van der Waals surface area contributed by atoms with Crippen LogP contribution in [0, 0.1) is 11.6 Å². The fourth-order valence-corrected chi connectivity index (χ4v) is 1.83. The minimum atomic E-state index is -0.950. The van der Waals surface area contributed by atoms with E-state index in [0.717, 1.165) is 17.7 Å². The summed E-state index contributed by atoms with van der Waals surface area (Å²) in [4.78, 5) is 3.89. The van der Waals surface area contributed by atoms with Crippen molar-refractivity contribution >= 4 is 0 Å². The Morgan fingerprint density at radius 3 is 2.28 bits per heavy atom. The summed E-state index contributed by atoms with van der Waals surface area (Å²) in [5.74, 6) is -2.09. The second-order valence-corrected chi connectivity index (χ2v) is 4.19. The van der Waals surface area contributed by atoms with Gasteiger partial charge < -0.3 is 5.11 Å². The molecule has 0 aliphatic rings. The van der Waals surface area contributed by atoms with Crippen LogP contribution in [0.4, 0.5) is 8.78 Å². The van der Waals surface area contributed by atoms with Gasteiger partial charge in [-0.05, 0) is 35.4 Å². The molecule has 2 atom stereocenters. The molecule has 0 amide bonds. The molecule has 0 radical (unpaired) electrons. The lowest BCUT2D eigenvalue weighted by Gasteiger charge is -2.19. The Morgan fingerprint density at radius 2 is 1.67 bits per heavy atom. The molecular formula is C14H13F2NO. The number of nitrogens with zero attached hydrogens (tertiary/aromatic N) is 1. The van der Waals surface area contributed by atoms with Crippen molar-refractivity contribution in [3.05, 3.63) is 65.5 Å². The van der Waals surface area contributed by atoms with Crippen molar-refractivity contribution in [2.75, 3.05) is 0 Å². The van der Waals surface area contributed by atoms with Gasteiger partial charge >= 0.3 is 0 Å². The van der Waals surface area contributed by atoms with Gasteiger partial charge in [0.15, 0.2) is 11.6 Å². The molecule has 0 spiro atoms. The highest BCUT2D eigenvalue weighted by Crippen LogP contribution is 2.30. The minimum Gasteiger partial charge on any atom is -0.388 e. The zero-order chi connectivity index (χ0) is 13.1. The van der Waals surface area contributed by atoms with Gasteiger partial charge in [0.1, 0.15) is 0 Å². The van der Waals surface area contributed by atoms with Crippen LogP contribution in [-0.4, -0.2) is 10.1 Å². The lowest BCUT2D eigenvalue weighted by molar-refractivity contribution is 0.151. The number of benzene rings is 1. The molecule has 0 aliphatic heterocycles. The number of hydrogen-bond acceptors (Lipinski definition) is 2. The maximum Gasteiger partial charge on any atom is 0.159 e. The number of aliphatic hydroxyl groups is 1. The summed E-state index contributed by atoms with van der Waals surface area (Å²) in [6.45, 7) is 1.82. The SMILES string of the molecule is CC(c1ccncc1)C(O)c1ccc(F)c(F)c1. The number of aromatic nitrogens is 1. The quantitative estimate of drug-likeness (QED) is 0.906. The first-order valence-corrected chi connectivity index (χ1v) is 5.62. The van der Waals surface area contributed by atoms with Crippen LogP contribution in [0.15, 0.2) is 42.7 Å². The third-order valence-electron chi connectivity index (χ3n) is 2.99. The smallest absolute Gasteiger partial charge is 0.159 e. The van der Waals surface area contributed by atoms with Gasteiger partial charge in [-0.1, -0.05) is 13.0 Å². The van der Waals surface area contributed by atoms with E-state index in [0.29, 0.717) is 5.56 Å². The first-order chi connectivity index (χ1) is 8.59. The lowest BCUT2D eigenvalue weighted by atomic mass is 9.91. The third kappa shape index (κ3) is 2.54. The highest BCUT2D eigenvalue weighted by Gasteiger charge is 2.19. The summed E-state index contributed by atoms with van der Waals surface area (Å²) in [5.41, 5.74) is 1.25. The summed E-state index contributed by atoms with van der Waals surface area (Å²) in [6.07, 6.45) is 2.37. The van der Waals surface area contributed by atoms with Crippen molar-refractivity contribution in [2.24, 2.45) is 0 Å². The number of halogens is 2. The monoisotopic (exact) mass is 249 g/mol. The van der Waals surface area contributed by atoms with E-state index in [4.69, 9.17) is 0 Å². The summed E-state index contributed by atoms with van der Waals surface area (Å²) in [7, 11) is 0. The molecule has 0 bridgehead atoms. The van der Waals surface area contributed by atoms with Crippen LogP contribution < -0.4 is 0 Å². The predicted molar refractivity (Wildman–Crippen MR) is 64.0 cm³/mol.